The molecular formula is C19H14N4O2. The van der Waals surface area contributed by atoms with Crippen molar-refractivity contribution in [1.29, 1.82) is 0 Å². The van der Waals surface area contributed by atoms with E-state index in [0.29, 0.717) is 11.5 Å². The zero-order valence-corrected chi connectivity index (χ0v) is 13.1. The Hall–Kier alpha value is -3.67. The number of benzene rings is 2. The van der Waals surface area contributed by atoms with Gasteiger partial charge in [-0.25, -0.2) is 9.67 Å². The molecule has 0 aliphatic rings. The first kappa shape index (κ1) is 14.9. The van der Waals surface area contributed by atoms with Crippen molar-refractivity contribution < 1.29 is 9.90 Å². The molecule has 0 atom stereocenters. The Bertz CT molecular complexity index is 1060. The summed E-state index contributed by atoms with van der Waals surface area (Å²) in [5, 5.41) is 18.9. The number of pyridine rings is 1. The minimum absolute atomic E-state index is 0.0688. The highest BCUT2D eigenvalue weighted by Crippen LogP contribution is 2.26. The van der Waals surface area contributed by atoms with E-state index in [1.165, 1.54) is 0 Å². The molecule has 0 bridgehead atoms. The summed E-state index contributed by atoms with van der Waals surface area (Å²) in [7, 11) is 0. The summed E-state index contributed by atoms with van der Waals surface area (Å²) in [4.78, 5) is 16.9. The van der Waals surface area contributed by atoms with Crippen molar-refractivity contribution in [3.63, 3.8) is 0 Å². The van der Waals surface area contributed by atoms with Gasteiger partial charge in [-0.05, 0) is 41.1 Å². The summed E-state index contributed by atoms with van der Waals surface area (Å²) in [5.41, 5.74) is 0.706. The third kappa shape index (κ3) is 2.81. The SMILES string of the molecule is O=C(Nc1cccnc1-n1cccn1)c1cc2ccccc2cc1O. The van der Waals surface area contributed by atoms with E-state index in [4.69, 9.17) is 0 Å². The standard InChI is InChI=1S/C19H14N4O2/c24-17-12-14-6-2-1-5-13(14)11-15(17)19(25)22-16-7-3-8-20-18(16)23-10-4-9-21-23/h1-12,24H,(H,22,25). The molecule has 0 saturated carbocycles. The third-order valence-electron chi connectivity index (χ3n) is 3.86. The lowest BCUT2D eigenvalue weighted by molar-refractivity contribution is 0.102. The van der Waals surface area contributed by atoms with Crippen molar-refractivity contribution in [3.05, 3.63) is 78.8 Å². The summed E-state index contributed by atoms with van der Waals surface area (Å²) >= 11 is 0. The van der Waals surface area contributed by atoms with E-state index in [0.717, 1.165) is 10.8 Å². The summed E-state index contributed by atoms with van der Waals surface area (Å²) < 4.78 is 1.57. The Balaban J connectivity index is 1.71. The molecule has 0 unspecified atom stereocenters. The van der Waals surface area contributed by atoms with E-state index in [-0.39, 0.29) is 11.3 Å². The van der Waals surface area contributed by atoms with Gasteiger partial charge in [0.1, 0.15) is 5.75 Å². The van der Waals surface area contributed by atoms with Crippen molar-refractivity contribution in [2.75, 3.05) is 5.32 Å². The predicted octanol–water partition coefficient (Wildman–Crippen LogP) is 3.38. The maximum absolute atomic E-state index is 12.7. The maximum Gasteiger partial charge on any atom is 0.259 e. The van der Waals surface area contributed by atoms with Crippen molar-refractivity contribution in [3.8, 4) is 11.6 Å². The van der Waals surface area contributed by atoms with Crippen molar-refractivity contribution in [1.82, 2.24) is 14.8 Å². The van der Waals surface area contributed by atoms with E-state index in [1.54, 1.807) is 53.6 Å². The monoisotopic (exact) mass is 330 g/mol. The highest BCUT2D eigenvalue weighted by molar-refractivity contribution is 6.09. The lowest BCUT2D eigenvalue weighted by Gasteiger charge is -2.11. The van der Waals surface area contributed by atoms with E-state index in [2.05, 4.69) is 15.4 Å². The van der Waals surface area contributed by atoms with Crippen LogP contribution in [0.25, 0.3) is 16.6 Å². The van der Waals surface area contributed by atoms with Crippen LogP contribution in [-0.4, -0.2) is 25.8 Å². The van der Waals surface area contributed by atoms with Crippen LogP contribution < -0.4 is 5.32 Å². The van der Waals surface area contributed by atoms with Crippen LogP contribution >= 0.6 is 0 Å². The second-order valence-corrected chi connectivity index (χ2v) is 5.50. The van der Waals surface area contributed by atoms with Crippen LogP contribution in [-0.2, 0) is 0 Å². The molecule has 6 heteroatoms. The number of amides is 1. The topological polar surface area (TPSA) is 80.0 Å². The first-order valence-electron chi connectivity index (χ1n) is 7.70. The molecule has 0 radical (unpaired) electrons. The number of carbonyl (C=O) groups is 1. The Morgan fingerprint density at radius 2 is 1.80 bits per heavy atom. The van der Waals surface area contributed by atoms with Gasteiger partial charge in [-0.15, -0.1) is 0 Å². The third-order valence-corrected chi connectivity index (χ3v) is 3.86. The predicted molar refractivity (Wildman–Crippen MR) is 94.9 cm³/mol. The average Bonchev–Trinajstić information content (AvgIpc) is 3.16. The smallest absolute Gasteiger partial charge is 0.259 e. The largest absolute Gasteiger partial charge is 0.507 e. The number of fused-ring (bicyclic) bond motifs is 1. The molecule has 0 spiro atoms. The molecule has 2 aromatic carbocycles. The summed E-state index contributed by atoms with van der Waals surface area (Å²) in [6, 6.07) is 16.0. The van der Waals surface area contributed by atoms with E-state index < -0.39 is 5.91 Å². The second-order valence-electron chi connectivity index (χ2n) is 5.50. The second kappa shape index (κ2) is 6.09. The zero-order valence-electron chi connectivity index (χ0n) is 13.1. The van der Waals surface area contributed by atoms with Crippen molar-refractivity contribution in [2.24, 2.45) is 0 Å². The van der Waals surface area contributed by atoms with E-state index in [1.807, 2.05) is 24.3 Å². The van der Waals surface area contributed by atoms with Gasteiger partial charge < -0.3 is 10.4 Å². The number of hydrogen-bond donors (Lipinski definition) is 2. The molecule has 0 aliphatic heterocycles. The minimum atomic E-state index is -0.412. The molecule has 0 aliphatic carbocycles. The number of carbonyl (C=O) groups excluding carboxylic acids is 1. The van der Waals surface area contributed by atoms with E-state index >= 15 is 0 Å². The normalized spacial score (nSPS) is 10.7. The number of phenols is 1. The fourth-order valence-electron chi connectivity index (χ4n) is 2.67. The molecular weight excluding hydrogens is 316 g/mol. The van der Waals surface area contributed by atoms with Crippen molar-refractivity contribution in [2.45, 2.75) is 0 Å². The highest BCUT2D eigenvalue weighted by atomic mass is 16.3. The van der Waals surface area contributed by atoms with Gasteiger partial charge >= 0.3 is 0 Å². The first-order valence-corrected chi connectivity index (χ1v) is 7.70. The Labute approximate surface area is 143 Å². The van der Waals surface area contributed by atoms with Crippen LogP contribution in [0, 0.1) is 0 Å². The molecule has 6 nitrogen and oxygen atoms in total. The van der Waals surface area contributed by atoms with E-state index in [9.17, 15) is 9.90 Å². The molecule has 1 amide bonds. The fourth-order valence-corrected chi connectivity index (χ4v) is 2.67. The number of rotatable bonds is 3. The van der Waals surface area contributed by atoms with Gasteiger partial charge in [0.2, 0.25) is 0 Å². The summed E-state index contributed by atoms with van der Waals surface area (Å²) in [6.07, 6.45) is 5.00. The minimum Gasteiger partial charge on any atom is -0.507 e. The lowest BCUT2D eigenvalue weighted by Crippen LogP contribution is -2.15. The molecule has 122 valence electrons. The molecule has 25 heavy (non-hydrogen) atoms. The molecule has 2 N–H and O–H groups in total. The molecule has 2 heterocycles. The Kier molecular flexibility index (Phi) is 3.63. The van der Waals surface area contributed by atoms with Crippen LogP contribution in [0.15, 0.2) is 73.2 Å². The number of nitrogens with one attached hydrogen (secondary N) is 1. The van der Waals surface area contributed by atoms with Crippen LogP contribution in [0.5, 0.6) is 5.75 Å². The quantitative estimate of drug-likeness (QED) is 0.603. The molecule has 4 rings (SSSR count). The van der Waals surface area contributed by atoms with Gasteiger partial charge in [-0.2, -0.15) is 5.10 Å². The molecule has 0 saturated heterocycles. The molecule has 4 aromatic rings. The van der Waals surface area contributed by atoms with Gasteiger partial charge in [0.05, 0.1) is 11.3 Å². The van der Waals surface area contributed by atoms with Gasteiger partial charge in [0.15, 0.2) is 5.82 Å². The maximum atomic E-state index is 12.7. The van der Waals surface area contributed by atoms with Gasteiger partial charge in [0.25, 0.3) is 5.91 Å². The van der Waals surface area contributed by atoms with Gasteiger partial charge in [-0.1, -0.05) is 24.3 Å². The summed E-state index contributed by atoms with van der Waals surface area (Å²) in [5.74, 6) is 0.0199. The Morgan fingerprint density at radius 3 is 2.56 bits per heavy atom. The van der Waals surface area contributed by atoms with Crippen molar-refractivity contribution >= 4 is 22.4 Å². The van der Waals surface area contributed by atoms with Gasteiger partial charge in [0, 0.05) is 18.6 Å². The van der Waals surface area contributed by atoms with Crippen LogP contribution in [0.4, 0.5) is 5.69 Å². The number of nitrogens with zero attached hydrogens (tertiary/aromatic N) is 3. The highest BCUT2D eigenvalue weighted by Gasteiger charge is 2.15. The van der Waals surface area contributed by atoms with Gasteiger partial charge in [-0.3, -0.25) is 4.79 Å². The number of phenolic OH excluding ortho intramolecular Hbond substituents is 1. The zero-order chi connectivity index (χ0) is 17.2. The first-order chi connectivity index (χ1) is 12.2. The lowest BCUT2D eigenvalue weighted by atomic mass is 10.1. The fraction of sp³-hybridized carbons (Fsp3) is 0. The Morgan fingerprint density at radius 1 is 1.00 bits per heavy atom. The average molecular weight is 330 g/mol. The number of aromatic hydroxyl groups is 1. The molecule has 2 aromatic heterocycles. The summed E-state index contributed by atoms with van der Waals surface area (Å²) in [6.45, 7) is 0. The van der Waals surface area contributed by atoms with Crippen LogP contribution in [0.3, 0.4) is 0 Å². The van der Waals surface area contributed by atoms with Crippen LogP contribution in [0.1, 0.15) is 10.4 Å². The number of anilines is 1. The number of hydrogen-bond acceptors (Lipinski definition) is 4. The van der Waals surface area contributed by atoms with Crippen LogP contribution in [0.2, 0.25) is 0 Å². The molecule has 0 fully saturated rings. The number of aromatic nitrogens is 3.